The number of hydrogen-bond acceptors (Lipinski definition) is 3. The number of ketones is 1. The number of benzene rings is 1. The minimum Gasteiger partial charge on any atom is -0.475 e. The number of Topliss-reactive ketones (excluding diaryl/α,β-unsaturated/α-hetero) is 1. The number of allylic oxidation sites excluding steroid dienone is 1. The van der Waals surface area contributed by atoms with Crippen molar-refractivity contribution in [3.05, 3.63) is 46.7 Å². The molecule has 1 aromatic heterocycles. The van der Waals surface area contributed by atoms with Gasteiger partial charge in [-0.1, -0.05) is 20.4 Å². The van der Waals surface area contributed by atoms with Crippen LogP contribution in [0.15, 0.2) is 28.7 Å². The van der Waals surface area contributed by atoms with E-state index in [-0.39, 0.29) is 17.5 Å². The monoisotopic (exact) mass is 286 g/mol. The number of carbonyl (C=O) groups excluding carboxylic acids is 1. The number of aromatic carboxylic acids is 1. The molecule has 4 nitrogen and oxygen atoms in total. The molecule has 0 spiro atoms. The smallest absolute Gasteiger partial charge is 0.371 e. The molecule has 0 atom stereocenters. The summed E-state index contributed by atoms with van der Waals surface area (Å²) in [6, 6.07) is 3.13. The van der Waals surface area contributed by atoms with E-state index < -0.39 is 5.97 Å². The molecule has 0 aliphatic heterocycles. The van der Waals surface area contributed by atoms with Crippen LogP contribution in [0.5, 0.6) is 0 Å². The molecule has 4 heteroatoms. The first-order valence-electron chi connectivity index (χ1n) is 6.74. The lowest BCUT2D eigenvalue weighted by Crippen LogP contribution is -2.10. The highest BCUT2D eigenvalue weighted by Crippen LogP contribution is 2.30. The highest BCUT2D eigenvalue weighted by atomic mass is 16.4. The first-order valence-corrected chi connectivity index (χ1v) is 6.74. The number of rotatable bonds is 4. The van der Waals surface area contributed by atoms with Gasteiger partial charge in [0.25, 0.3) is 0 Å². The number of furan rings is 1. The van der Waals surface area contributed by atoms with Crippen molar-refractivity contribution in [3.8, 4) is 0 Å². The molecule has 2 aromatic rings. The Bertz CT molecular complexity index is 763. The van der Waals surface area contributed by atoms with Gasteiger partial charge in [-0.2, -0.15) is 0 Å². The summed E-state index contributed by atoms with van der Waals surface area (Å²) in [5, 5.41) is 9.63. The summed E-state index contributed by atoms with van der Waals surface area (Å²) in [7, 11) is 0. The van der Waals surface area contributed by atoms with Crippen molar-refractivity contribution >= 4 is 22.7 Å². The van der Waals surface area contributed by atoms with Crippen LogP contribution in [0, 0.1) is 19.8 Å². The van der Waals surface area contributed by atoms with Crippen LogP contribution < -0.4 is 0 Å². The van der Waals surface area contributed by atoms with E-state index in [0.717, 1.165) is 11.1 Å². The van der Waals surface area contributed by atoms with Crippen LogP contribution in [-0.2, 0) is 0 Å². The Morgan fingerprint density at radius 3 is 2.33 bits per heavy atom. The number of aryl methyl sites for hydroxylation is 1. The van der Waals surface area contributed by atoms with E-state index in [9.17, 15) is 9.59 Å². The summed E-state index contributed by atoms with van der Waals surface area (Å²) in [6.07, 6.45) is 0. The number of hydrogen-bond donors (Lipinski definition) is 1. The number of fused-ring (bicyclic) bond motifs is 1. The minimum absolute atomic E-state index is 0.0619. The van der Waals surface area contributed by atoms with Crippen molar-refractivity contribution in [1.82, 2.24) is 0 Å². The van der Waals surface area contributed by atoms with Gasteiger partial charge in [0, 0.05) is 10.9 Å². The molecule has 0 radical (unpaired) electrons. The molecule has 0 aliphatic rings. The van der Waals surface area contributed by atoms with Crippen molar-refractivity contribution < 1.29 is 19.1 Å². The largest absolute Gasteiger partial charge is 0.475 e. The molecule has 0 aliphatic carbocycles. The Labute approximate surface area is 123 Å². The van der Waals surface area contributed by atoms with Gasteiger partial charge in [0.15, 0.2) is 5.78 Å². The molecule has 2 rings (SSSR count). The summed E-state index contributed by atoms with van der Waals surface area (Å²) in [4.78, 5) is 23.5. The van der Waals surface area contributed by atoms with Gasteiger partial charge in [-0.15, -0.1) is 0 Å². The third-order valence-corrected chi connectivity index (χ3v) is 3.81. The van der Waals surface area contributed by atoms with Gasteiger partial charge in [-0.3, -0.25) is 4.79 Å². The standard InChI is InChI=1S/C17H18O4/c1-8(2)9(3)15(18)13-6-12-7-14(17(19)20)21-16(12)11(5)10(13)4/h6-8H,3H2,1-2,4-5H3,(H,19,20). The Morgan fingerprint density at radius 2 is 1.81 bits per heavy atom. The normalized spacial score (nSPS) is 11.1. The third kappa shape index (κ3) is 2.49. The van der Waals surface area contributed by atoms with E-state index >= 15 is 0 Å². The highest BCUT2D eigenvalue weighted by Gasteiger charge is 2.20. The van der Waals surface area contributed by atoms with Gasteiger partial charge in [0.2, 0.25) is 5.76 Å². The number of carboxylic acid groups (broad SMARTS) is 1. The average Bonchev–Trinajstić information content (AvgIpc) is 2.85. The molecule has 0 bridgehead atoms. The van der Waals surface area contributed by atoms with Crippen LogP contribution in [0.2, 0.25) is 0 Å². The van der Waals surface area contributed by atoms with Gasteiger partial charge in [0.05, 0.1) is 0 Å². The maximum atomic E-state index is 12.5. The molecular formula is C17H18O4. The van der Waals surface area contributed by atoms with Crippen molar-refractivity contribution in [2.24, 2.45) is 5.92 Å². The van der Waals surface area contributed by atoms with E-state index in [0.29, 0.717) is 22.1 Å². The molecule has 0 saturated heterocycles. The maximum Gasteiger partial charge on any atom is 0.371 e. The average molecular weight is 286 g/mol. The fourth-order valence-corrected chi connectivity index (χ4v) is 2.22. The molecule has 1 aromatic carbocycles. The summed E-state index contributed by atoms with van der Waals surface area (Å²) in [6.45, 7) is 11.3. The summed E-state index contributed by atoms with van der Waals surface area (Å²) < 4.78 is 5.35. The molecule has 0 unspecified atom stereocenters. The van der Waals surface area contributed by atoms with Gasteiger partial charge in [-0.05, 0) is 48.6 Å². The zero-order valence-electron chi connectivity index (χ0n) is 12.6. The Morgan fingerprint density at radius 1 is 1.19 bits per heavy atom. The lowest BCUT2D eigenvalue weighted by molar-refractivity contribution is 0.0664. The quantitative estimate of drug-likeness (QED) is 0.677. The van der Waals surface area contributed by atoms with Crippen LogP contribution in [0.25, 0.3) is 11.0 Å². The lowest BCUT2D eigenvalue weighted by atomic mass is 9.91. The molecule has 110 valence electrons. The van der Waals surface area contributed by atoms with E-state index in [2.05, 4.69) is 6.58 Å². The second kappa shape index (κ2) is 5.20. The maximum absolute atomic E-state index is 12.5. The van der Waals surface area contributed by atoms with E-state index in [1.54, 1.807) is 6.07 Å². The highest BCUT2D eigenvalue weighted by molar-refractivity contribution is 6.11. The van der Waals surface area contributed by atoms with Crippen LogP contribution in [0.4, 0.5) is 0 Å². The predicted molar refractivity (Wildman–Crippen MR) is 81.0 cm³/mol. The zero-order chi connectivity index (χ0) is 15.9. The topological polar surface area (TPSA) is 67.5 Å². The van der Waals surface area contributed by atoms with Gasteiger partial charge in [0.1, 0.15) is 5.58 Å². The molecule has 21 heavy (non-hydrogen) atoms. The number of carboxylic acids is 1. The Hall–Kier alpha value is -2.36. The van der Waals surface area contributed by atoms with Gasteiger partial charge in [-0.25, -0.2) is 4.79 Å². The van der Waals surface area contributed by atoms with E-state index in [4.69, 9.17) is 9.52 Å². The SMILES string of the molecule is C=C(C(=O)c1cc2cc(C(=O)O)oc2c(C)c1C)C(C)C. The second-order valence-corrected chi connectivity index (χ2v) is 5.52. The van der Waals surface area contributed by atoms with Crippen molar-refractivity contribution in [3.63, 3.8) is 0 Å². The lowest BCUT2D eigenvalue weighted by Gasteiger charge is -2.12. The van der Waals surface area contributed by atoms with Crippen molar-refractivity contribution in [2.75, 3.05) is 0 Å². The van der Waals surface area contributed by atoms with Gasteiger partial charge < -0.3 is 9.52 Å². The fourth-order valence-electron chi connectivity index (χ4n) is 2.22. The van der Waals surface area contributed by atoms with Crippen molar-refractivity contribution in [1.29, 1.82) is 0 Å². The molecule has 0 fully saturated rings. The molecular weight excluding hydrogens is 268 g/mol. The van der Waals surface area contributed by atoms with E-state index in [1.165, 1.54) is 6.07 Å². The first-order chi connectivity index (χ1) is 9.73. The van der Waals surface area contributed by atoms with Crippen LogP contribution in [-0.4, -0.2) is 16.9 Å². The molecule has 0 amide bonds. The van der Waals surface area contributed by atoms with Crippen LogP contribution in [0.1, 0.15) is 45.9 Å². The number of carbonyl (C=O) groups is 2. The molecule has 0 saturated carbocycles. The second-order valence-electron chi connectivity index (χ2n) is 5.52. The molecule has 1 heterocycles. The Balaban J connectivity index is 2.66. The summed E-state index contributed by atoms with van der Waals surface area (Å²) >= 11 is 0. The predicted octanol–water partition coefficient (Wildman–Crippen LogP) is 4.14. The van der Waals surface area contributed by atoms with E-state index in [1.807, 2.05) is 27.7 Å². The van der Waals surface area contributed by atoms with Crippen LogP contribution in [0.3, 0.4) is 0 Å². The Kier molecular flexibility index (Phi) is 3.73. The third-order valence-electron chi connectivity index (χ3n) is 3.81. The molecule has 1 N–H and O–H groups in total. The van der Waals surface area contributed by atoms with Crippen molar-refractivity contribution in [2.45, 2.75) is 27.7 Å². The summed E-state index contributed by atoms with van der Waals surface area (Å²) in [5.74, 6) is -1.29. The fraction of sp³-hybridized carbons (Fsp3) is 0.294. The van der Waals surface area contributed by atoms with Gasteiger partial charge >= 0.3 is 5.97 Å². The minimum atomic E-state index is -1.12. The van der Waals surface area contributed by atoms with Crippen LogP contribution >= 0.6 is 0 Å². The zero-order valence-corrected chi connectivity index (χ0v) is 12.6. The first kappa shape index (κ1) is 15.0. The summed E-state index contributed by atoms with van der Waals surface area (Å²) in [5.41, 5.74) is 3.17.